The monoisotopic (exact) mass is 323 g/mol. The molecule has 0 unspecified atom stereocenters. The Labute approximate surface area is 121 Å². The van der Waals surface area contributed by atoms with Gasteiger partial charge in [-0.2, -0.15) is 0 Å². The van der Waals surface area contributed by atoms with Gasteiger partial charge >= 0.3 is 0 Å². The standard InChI is InChI=1S/C14H18BrN3O/c15-12-5-11(7-16-8-12)14(19)17-6-10-3-4-18(9-10)13-1-2-13/h5,7-8,10,13H,1-4,6,9H2,(H,17,19)/t10-/m0/s1. The van der Waals surface area contributed by atoms with E-state index in [4.69, 9.17) is 0 Å². The van der Waals surface area contributed by atoms with E-state index in [2.05, 4.69) is 31.1 Å². The third-order valence-electron chi connectivity index (χ3n) is 3.90. The van der Waals surface area contributed by atoms with Gasteiger partial charge in [0, 0.05) is 36.0 Å². The Bertz CT molecular complexity index is 476. The lowest BCUT2D eigenvalue weighted by Crippen LogP contribution is -2.31. The van der Waals surface area contributed by atoms with E-state index in [9.17, 15) is 4.79 Å². The molecule has 1 atom stereocenters. The summed E-state index contributed by atoms with van der Waals surface area (Å²) in [6.07, 6.45) is 7.21. The van der Waals surface area contributed by atoms with E-state index in [1.165, 1.54) is 25.8 Å². The largest absolute Gasteiger partial charge is 0.352 e. The van der Waals surface area contributed by atoms with Gasteiger partial charge in [0.05, 0.1) is 5.56 Å². The number of amides is 1. The third-order valence-corrected chi connectivity index (χ3v) is 4.33. The molecule has 1 saturated heterocycles. The van der Waals surface area contributed by atoms with E-state index in [1.54, 1.807) is 18.5 Å². The van der Waals surface area contributed by atoms with Gasteiger partial charge in [-0.3, -0.25) is 9.78 Å². The zero-order chi connectivity index (χ0) is 13.2. The zero-order valence-electron chi connectivity index (χ0n) is 10.8. The van der Waals surface area contributed by atoms with Crippen molar-refractivity contribution in [2.24, 2.45) is 5.92 Å². The second-order valence-corrected chi connectivity index (χ2v) is 6.40. The Kier molecular flexibility index (Phi) is 3.84. The molecular weight excluding hydrogens is 306 g/mol. The predicted octanol–water partition coefficient (Wildman–Crippen LogP) is 2.06. The van der Waals surface area contributed by atoms with Crippen LogP contribution in [0, 0.1) is 5.92 Å². The van der Waals surface area contributed by atoms with E-state index < -0.39 is 0 Å². The number of halogens is 1. The predicted molar refractivity (Wildman–Crippen MR) is 77.0 cm³/mol. The Morgan fingerprint density at radius 2 is 2.26 bits per heavy atom. The average molecular weight is 324 g/mol. The Balaban J connectivity index is 1.48. The Morgan fingerprint density at radius 1 is 1.42 bits per heavy atom. The van der Waals surface area contributed by atoms with Crippen LogP contribution in [0.5, 0.6) is 0 Å². The van der Waals surface area contributed by atoms with Crippen LogP contribution in [-0.2, 0) is 0 Å². The maximum atomic E-state index is 12.0. The van der Waals surface area contributed by atoms with Gasteiger partial charge in [-0.05, 0) is 53.7 Å². The minimum absolute atomic E-state index is 0.0290. The topological polar surface area (TPSA) is 45.2 Å². The normalized spacial score (nSPS) is 23.5. The summed E-state index contributed by atoms with van der Waals surface area (Å²) in [7, 11) is 0. The summed E-state index contributed by atoms with van der Waals surface area (Å²) in [5.41, 5.74) is 0.617. The average Bonchev–Trinajstić information content (AvgIpc) is 3.15. The van der Waals surface area contributed by atoms with Gasteiger partial charge in [0.2, 0.25) is 0 Å². The van der Waals surface area contributed by atoms with Gasteiger partial charge in [0.25, 0.3) is 5.91 Å². The molecule has 4 nitrogen and oxygen atoms in total. The first-order valence-corrected chi connectivity index (χ1v) is 7.64. The van der Waals surface area contributed by atoms with Crippen molar-refractivity contribution in [2.75, 3.05) is 19.6 Å². The van der Waals surface area contributed by atoms with Crippen molar-refractivity contribution in [1.29, 1.82) is 0 Å². The molecule has 19 heavy (non-hydrogen) atoms. The fourth-order valence-corrected chi connectivity index (χ4v) is 3.04. The minimum atomic E-state index is -0.0290. The van der Waals surface area contributed by atoms with Crippen LogP contribution >= 0.6 is 15.9 Å². The summed E-state index contributed by atoms with van der Waals surface area (Å²) in [6, 6.07) is 2.64. The lowest BCUT2D eigenvalue weighted by atomic mass is 10.1. The number of carbonyl (C=O) groups is 1. The minimum Gasteiger partial charge on any atom is -0.352 e. The van der Waals surface area contributed by atoms with E-state index in [0.717, 1.165) is 23.6 Å². The molecule has 102 valence electrons. The van der Waals surface area contributed by atoms with Gasteiger partial charge < -0.3 is 10.2 Å². The van der Waals surface area contributed by atoms with Crippen LogP contribution in [0.4, 0.5) is 0 Å². The van der Waals surface area contributed by atoms with Crippen LogP contribution in [0.1, 0.15) is 29.6 Å². The number of rotatable bonds is 4. The Hall–Kier alpha value is -0.940. The Morgan fingerprint density at radius 3 is 3.00 bits per heavy atom. The number of pyridine rings is 1. The second kappa shape index (κ2) is 5.59. The number of likely N-dealkylation sites (tertiary alicyclic amines) is 1. The molecule has 1 saturated carbocycles. The first-order valence-electron chi connectivity index (χ1n) is 6.85. The highest BCUT2D eigenvalue weighted by Gasteiger charge is 2.34. The summed E-state index contributed by atoms with van der Waals surface area (Å²) in [4.78, 5) is 18.6. The summed E-state index contributed by atoms with van der Waals surface area (Å²) in [5.74, 6) is 0.573. The number of aromatic nitrogens is 1. The van der Waals surface area contributed by atoms with Crippen molar-refractivity contribution in [2.45, 2.75) is 25.3 Å². The molecule has 1 amide bonds. The fraction of sp³-hybridized carbons (Fsp3) is 0.571. The molecule has 3 rings (SSSR count). The fourth-order valence-electron chi connectivity index (χ4n) is 2.68. The van der Waals surface area contributed by atoms with Crippen molar-refractivity contribution < 1.29 is 4.79 Å². The molecule has 1 aromatic rings. The van der Waals surface area contributed by atoms with Gasteiger partial charge in [0.1, 0.15) is 0 Å². The lowest BCUT2D eigenvalue weighted by Gasteiger charge is -2.15. The summed E-state index contributed by atoms with van der Waals surface area (Å²) in [6.45, 7) is 3.11. The number of nitrogens with zero attached hydrogens (tertiary/aromatic N) is 2. The highest BCUT2D eigenvalue weighted by molar-refractivity contribution is 9.10. The summed E-state index contributed by atoms with van der Waals surface area (Å²) >= 11 is 3.33. The zero-order valence-corrected chi connectivity index (χ0v) is 12.4. The van der Waals surface area contributed by atoms with Crippen LogP contribution < -0.4 is 5.32 Å². The maximum absolute atomic E-state index is 12.0. The molecular formula is C14H18BrN3O. The second-order valence-electron chi connectivity index (χ2n) is 5.48. The molecule has 1 N–H and O–H groups in total. The number of nitrogens with one attached hydrogen (secondary N) is 1. The SMILES string of the molecule is O=C(NC[C@@H]1CCN(C2CC2)C1)c1cncc(Br)c1. The number of hydrogen-bond donors (Lipinski definition) is 1. The lowest BCUT2D eigenvalue weighted by molar-refractivity contribution is 0.0947. The first kappa shape index (κ1) is 13.1. The van der Waals surface area contributed by atoms with Crippen molar-refractivity contribution in [3.05, 3.63) is 28.5 Å². The van der Waals surface area contributed by atoms with Crippen LogP contribution in [0.3, 0.4) is 0 Å². The molecule has 1 aliphatic heterocycles. The van der Waals surface area contributed by atoms with Gasteiger partial charge in [0.15, 0.2) is 0 Å². The molecule has 2 fully saturated rings. The van der Waals surface area contributed by atoms with E-state index in [1.807, 2.05) is 0 Å². The number of carbonyl (C=O) groups excluding carboxylic acids is 1. The van der Waals surface area contributed by atoms with Crippen LogP contribution in [-0.4, -0.2) is 41.5 Å². The van der Waals surface area contributed by atoms with Gasteiger partial charge in [-0.1, -0.05) is 0 Å². The smallest absolute Gasteiger partial charge is 0.252 e. The van der Waals surface area contributed by atoms with Crippen molar-refractivity contribution in [3.8, 4) is 0 Å². The van der Waals surface area contributed by atoms with E-state index >= 15 is 0 Å². The molecule has 5 heteroatoms. The highest BCUT2D eigenvalue weighted by Crippen LogP contribution is 2.31. The van der Waals surface area contributed by atoms with E-state index in [0.29, 0.717) is 11.5 Å². The molecule has 2 heterocycles. The quantitative estimate of drug-likeness (QED) is 0.922. The van der Waals surface area contributed by atoms with Crippen molar-refractivity contribution in [3.63, 3.8) is 0 Å². The number of hydrogen-bond acceptors (Lipinski definition) is 3. The van der Waals surface area contributed by atoms with Crippen molar-refractivity contribution in [1.82, 2.24) is 15.2 Å². The molecule has 2 aliphatic rings. The molecule has 0 bridgehead atoms. The first-order chi connectivity index (χ1) is 9.22. The van der Waals surface area contributed by atoms with Crippen LogP contribution in [0.25, 0.3) is 0 Å². The molecule has 0 spiro atoms. The highest BCUT2D eigenvalue weighted by atomic mass is 79.9. The summed E-state index contributed by atoms with van der Waals surface area (Å²) in [5, 5.41) is 3.02. The van der Waals surface area contributed by atoms with Crippen LogP contribution in [0.15, 0.2) is 22.9 Å². The molecule has 0 aromatic carbocycles. The van der Waals surface area contributed by atoms with Gasteiger partial charge in [-0.15, -0.1) is 0 Å². The molecule has 0 radical (unpaired) electrons. The van der Waals surface area contributed by atoms with E-state index in [-0.39, 0.29) is 5.91 Å². The maximum Gasteiger partial charge on any atom is 0.252 e. The van der Waals surface area contributed by atoms with Crippen LogP contribution in [0.2, 0.25) is 0 Å². The summed E-state index contributed by atoms with van der Waals surface area (Å²) < 4.78 is 0.834. The molecule has 1 aromatic heterocycles. The van der Waals surface area contributed by atoms with Crippen molar-refractivity contribution >= 4 is 21.8 Å². The third kappa shape index (κ3) is 3.34. The molecule has 1 aliphatic carbocycles. The van der Waals surface area contributed by atoms with Gasteiger partial charge in [-0.25, -0.2) is 0 Å².